The van der Waals surface area contributed by atoms with Crippen molar-refractivity contribution >= 4 is 17.7 Å². The average Bonchev–Trinajstić information content (AvgIpc) is 2.91. The normalized spacial score (nSPS) is 12.2. The number of hydrogen-bond acceptors (Lipinski definition) is 5. The summed E-state index contributed by atoms with van der Waals surface area (Å²) in [7, 11) is 0. The second-order valence-electron chi connectivity index (χ2n) is 8.15. The van der Waals surface area contributed by atoms with Crippen molar-refractivity contribution in [2.75, 3.05) is 5.75 Å². The van der Waals surface area contributed by atoms with Gasteiger partial charge in [-0.3, -0.25) is 4.79 Å². The lowest BCUT2D eigenvalue weighted by Gasteiger charge is -2.33. The molecule has 0 saturated carbocycles. The Morgan fingerprint density at radius 2 is 1.84 bits per heavy atom. The molecular formula is C19H27N3O2S. The Hall–Kier alpha value is -1.82. The Morgan fingerprint density at radius 3 is 2.48 bits per heavy atom. The summed E-state index contributed by atoms with van der Waals surface area (Å²) in [6.07, 6.45) is 0.897. The van der Waals surface area contributed by atoms with Crippen LogP contribution in [0.3, 0.4) is 0 Å². The number of hydrogen-bond donors (Lipinski definition) is 1. The van der Waals surface area contributed by atoms with Crippen molar-refractivity contribution in [3.05, 3.63) is 29.8 Å². The molecule has 0 unspecified atom stereocenters. The van der Waals surface area contributed by atoms with Gasteiger partial charge in [0.25, 0.3) is 5.22 Å². The number of benzene rings is 1. The van der Waals surface area contributed by atoms with Gasteiger partial charge in [-0.15, -0.1) is 10.2 Å². The van der Waals surface area contributed by atoms with E-state index >= 15 is 0 Å². The Labute approximate surface area is 154 Å². The van der Waals surface area contributed by atoms with E-state index in [-0.39, 0.29) is 22.6 Å². The summed E-state index contributed by atoms with van der Waals surface area (Å²) in [6, 6.07) is 7.84. The maximum Gasteiger partial charge on any atom is 0.277 e. The second kappa shape index (κ2) is 7.60. The Balaban J connectivity index is 1.92. The zero-order valence-corrected chi connectivity index (χ0v) is 16.7. The number of aryl methyl sites for hydroxylation is 1. The lowest BCUT2D eigenvalue weighted by Crippen LogP contribution is -2.46. The standard InChI is InChI=1S/C19H27N3O2S/c1-13-9-7-8-10-14(13)16-21-22-17(24-16)25-11-15(23)20-19(5,6)12-18(2,3)4/h7-10H,11-12H2,1-6H3,(H,20,23). The summed E-state index contributed by atoms with van der Waals surface area (Å²) in [5.74, 6) is 0.701. The van der Waals surface area contributed by atoms with Gasteiger partial charge in [-0.2, -0.15) is 0 Å². The highest BCUT2D eigenvalue weighted by Gasteiger charge is 2.27. The average molecular weight is 362 g/mol. The van der Waals surface area contributed by atoms with Crippen LogP contribution >= 0.6 is 11.8 Å². The molecule has 0 aliphatic carbocycles. The third-order valence-corrected chi connectivity index (χ3v) is 4.38. The molecule has 0 aliphatic rings. The third kappa shape index (κ3) is 6.20. The van der Waals surface area contributed by atoms with Crippen molar-refractivity contribution in [2.24, 2.45) is 5.41 Å². The second-order valence-corrected chi connectivity index (χ2v) is 9.07. The zero-order chi connectivity index (χ0) is 18.7. The molecule has 0 saturated heterocycles. The fourth-order valence-electron chi connectivity index (χ4n) is 3.10. The van der Waals surface area contributed by atoms with Crippen LogP contribution in [0.1, 0.15) is 46.6 Å². The van der Waals surface area contributed by atoms with Crippen LogP contribution in [-0.2, 0) is 4.79 Å². The number of carbonyl (C=O) groups is 1. The van der Waals surface area contributed by atoms with Crippen LogP contribution in [0.5, 0.6) is 0 Å². The Morgan fingerprint density at radius 1 is 1.16 bits per heavy atom. The van der Waals surface area contributed by atoms with Crippen LogP contribution in [-0.4, -0.2) is 27.4 Å². The van der Waals surface area contributed by atoms with E-state index in [1.807, 2.05) is 45.0 Å². The van der Waals surface area contributed by atoms with E-state index in [1.54, 1.807) is 0 Å². The summed E-state index contributed by atoms with van der Waals surface area (Å²) in [5, 5.41) is 11.6. The van der Waals surface area contributed by atoms with Crippen molar-refractivity contribution in [2.45, 2.75) is 58.7 Å². The van der Waals surface area contributed by atoms with E-state index in [9.17, 15) is 4.79 Å². The van der Waals surface area contributed by atoms with E-state index < -0.39 is 0 Å². The van der Waals surface area contributed by atoms with Gasteiger partial charge in [-0.1, -0.05) is 50.7 Å². The minimum absolute atomic E-state index is 0.0325. The monoisotopic (exact) mass is 361 g/mol. The van der Waals surface area contributed by atoms with Crippen molar-refractivity contribution in [1.29, 1.82) is 0 Å². The van der Waals surface area contributed by atoms with Crippen LogP contribution in [0, 0.1) is 12.3 Å². The van der Waals surface area contributed by atoms with Gasteiger partial charge in [-0.05, 0) is 44.2 Å². The maximum atomic E-state index is 12.2. The molecule has 1 heterocycles. The predicted octanol–water partition coefficient (Wildman–Crippen LogP) is 4.47. The van der Waals surface area contributed by atoms with Gasteiger partial charge in [0.05, 0.1) is 5.75 Å². The molecule has 1 aromatic carbocycles. The van der Waals surface area contributed by atoms with E-state index in [0.29, 0.717) is 11.1 Å². The first-order valence-electron chi connectivity index (χ1n) is 8.39. The number of rotatable bonds is 6. The fourth-order valence-corrected chi connectivity index (χ4v) is 3.66. The molecule has 0 radical (unpaired) electrons. The SMILES string of the molecule is Cc1ccccc1-c1nnc(SCC(=O)NC(C)(C)CC(C)(C)C)o1. The van der Waals surface area contributed by atoms with Crippen LogP contribution in [0.4, 0.5) is 0 Å². The summed E-state index contributed by atoms with van der Waals surface area (Å²) >= 11 is 1.26. The van der Waals surface area contributed by atoms with E-state index in [0.717, 1.165) is 17.5 Å². The number of nitrogens with zero attached hydrogens (tertiary/aromatic N) is 2. The number of carbonyl (C=O) groups excluding carboxylic acids is 1. The lowest BCUT2D eigenvalue weighted by molar-refractivity contribution is -0.120. The van der Waals surface area contributed by atoms with Gasteiger partial charge >= 0.3 is 0 Å². The molecule has 1 N–H and O–H groups in total. The highest BCUT2D eigenvalue weighted by Crippen LogP contribution is 2.28. The number of amides is 1. The molecule has 1 aromatic heterocycles. The molecule has 25 heavy (non-hydrogen) atoms. The summed E-state index contributed by atoms with van der Waals surface area (Å²) in [6.45, 7) is 12.6. The lowest BCUT2D eigenvalue weighted by atomic mass is 9.82. The molecule has 6 heteroatoms. The molecule has 0 aliphatic heterocycles. The molecule has 0 atom stereocenters. The van der Waals surface area contributed by atoms with Gasteiger partial charge in [-0.25, -0.2) is 0 Å². The fraction of sp³-hybridized carbons (Fsp3) is 0.526. The van der Waals surface area contributed by atoms with E-state index in [2.05, 4.69) is 36.3 Å². The van der Waals surface area contributed by atoms with E-state index in [4.69, 9.17) is 4.42 Å². The molecule has 5 nitrogen and oxygen atoms in total. The molecule has 0 bridgehead atoms. The van der Waals surface area contributed by atoms with Crippen LogP contribution < -0.4 is 5.32 Å². The molecule has 1 amide bonds. The predicted molar refractivity (Wildman–Crippen MR) is 101 cm³/mol. The van der Waals surface area contributed by atoms with E-state index in [1.165, 1.54) is 11.8 Å². The first kappa shape index (κ1) is 19.5. The molecule has 2 aromatic rings. The number of thioether (sulfide) groups is 1. The van der Waals surface area contributed by atoms with Crippen LogP contribution in [0.25, 0.3) is 11.5 Å². The third-order valence-electron chi connectivity index (χ3n) is 3.56. The molecule has 0 spiro atoms. The molecular weight excluding hydrogens is 334 g/mol. The first-order valence-corrected chi connectivity index (χ1v) is 9.38. The minimum Gasteiger partial charge on any atom is -0.411 e. The molecule has 0 fully saturated rings. The van der Waals surface area contributed by atoms with Gasteiger partial charge in [0.2, 0.25) is 11.8 Å². The van der Waals surface area contributed by atoms with Crippen LogP contribution in [0.2, 0.25) is 0 Å². The Kier molecular flexibility index (Phi) is 5.93. The quantitative estimate of drug-likeness (QED) is 0.769. The zero-order valence-electron chi connectivity index (χ0n) is 15.8. The van der Waals surface area contributed by atoms with Crippen molar-refractivity contribution in [3.63, 3.8) is 0 Å². The largest absolute Gasteiger partial charge is 0.411 e. The van der Waals surface area contributed by atoms with Gasteiger partial charge in [0.1, 0.15) is 0 Å². The minimum atomic E-state index is -0.253. The number of nitrogens with one attached hydrogen (secondary N) is 1. The van der Waals surface area contributed by atoms with Crippen molar-refractivity contribution < 1.29 is 9.21 Å². The number of aromatic nitrogens is 2. The maximum absolute atomic E-state index is 12.2. The summed E-state index contributed by atoms with van der Waals surface area (Å²) in [5.41, 5.74) is 1.89. The van der Waals surface area contributed by atoms with Gasteiger partial charge in [0, 0.05) is 11.1 Å². The Bertz CT molecular complexity index is 732. The van der Waals surface area contributed by atoms with Crippen LogP contribution in [0.15, 0.2) is 33.9 Å². The van der Waals surface area contributed by atoms with Gasteiger partial charge in [0.15, 0.2) is 0 Å². The first-order chi connectivity index (χ1) is 11.6. The topological polar surface area (TPSA) is 68.0 Å². The highest BCUT2D eigenvalue weighted by molar-refractivity contribution is 7.99. The smallest absolute Gasteiger partial charge is 0.277 e. The summed E-state index contributed by atoms with van der Waals surface area (Å²) in [4.78, 5) is 12.2. The van der Waals surface area contributed by atoms with Crippen molar-refractivity contribution in [1.82, 2.24) is 15.5 Å². The van der Waals surface area contributed by atoms with Crippen molar-refractivity contribution in [3.8, 4) is 11.5 Å². The van der Waals surface area contributed by atoms with Gasteiger partial charge < -0.3 is 9.73 Å². The molecule has 2 rings (SSSR count). The molecule has 136 valence electrons. The summed E-state index contributed by atoms with van der Waals surface area (Å²) < 4.78 is 5.67. The highest BCUT2D eigenvalue weighted by atomic mass is 32.2.